The predicted molar refractivity (Wildman–Crippen MR) is 117 cm³/mol. The molecule has 0 aliphatic carbocycles. The average Bonchev–Trinajstić information content (AvgIpc) is 3.36. The Morgan fingerprint density at radius 1 is 1.27 bits per heavy atom. The molecular weight excluding hydrogens is 380 g/mol. The van der Waals surface area contributed by atoms with Crippen LogP contribution in [0.3, 0.4) is 0 Å². The zero-order valence-corrected chi connectivity index (χ0v) is 18.4. The molecule has 2 heterocycles. The lowest BCUT2D eigenvalue weighted by Crippen LogP contribution is -2.41. The van der Waals surface area contributed by atoms with Crippen molar-refractivity contribution >= 4 is 5.96 Å². The van der Waals surface area contributed by atoms with Crippen LogP contribution >= 0.6 is 0 Å². The molecule has 30 heavy (non-hydrogen) atoms. The number of hydrogen-bond acceptors (Lipinski definition) is 5. The average molecular weight is 415 g/mol. The van der Waals surface area contributed by atoms with Crippen molar-refractivity contribution in [2.45, 2.75) is 32.9 Å². The smallest absolute Gasteiger partial charge is 0.194 e. The summed E-state index contributed by atoms with van der Waals surface area (Å²) in [6, 6.07) is 10.3. The standard InChI is InChI=1S/C22H34N6O2/c1-18-25-26-21(27(18)2)14-24-22(23-11-7-13-29-3)28-12-10-20(15-28)17-30-16-19-8-5-4-6-9-19/h4-6,8-9,20H,7,10-17H2,1-3H3,(H,23,24). The van der Waals surface area contributed by atoms with Crippen molar-refractivity contribution in [1.82, 2.24) is 25.0 Å². The second-order valence-corrected chi connectivity index (χ2v) is 7.74. The van der Waals surface area contributed by atoms with Crippen molar-refractivity contribution in [1.29, 1.82) is 0 Å². The third-order valence-electron chi connectivity index (χ3n) is 5.41. The van der Waals surface area contributed by atoms with Crippen LogP contribution < -0.4 is 5.32 Å². The molecule has 2 aromatic rings. The maximum Gasteiger partial charge on any atom is 0.194 e. The summed E-state index contributed by atoms with van der Waals surface area (Å²) in [5.74, 6) is 3.20. The molecule has 1 aromatic carbocycles. The maximum absolute atomic E-state index is 5.97. The van der Waals surface area contributed by atoms with E-state index in [2.05, 4.69) is 32.5 Å². The summed E-state index contributed by atoms with van der Waals surface area (Å²) in [5.41, 5.74) is 1.22. The number of methoxy groups -OCH3 is 1. The molecule has 3 rings (SSSR count). The monoisotopic (exact) mass is 414 g/mol. The lowest BCUT2D eigenvalue weighted by Gasteiger charge is -2.22. The molecule has 1 fully saturated rings. The number of aliphatic imine (C=N–C) groups is 1. The highest BCUT2D eigenvalue weighted by Gasteiger charge is 2.25. The minimum atomic E-state index is 0.510. The van der Waals surface area contributed by atoms with Gasteiger partial charge in [0.1, 0.15) is 12.4 Å². The van der Waals surface area contributed by atoms with Gasteiger partial charge in [0.05, 0.1) is 13.2 Å². The highest BCUT2D eigenvalue weighted by molar-refractivity contribution is 5.80. The van der Waals surface area contributed by atoms with Crippen LogP contribution in [-0.2, 0) is 29.7 Å². The summed E-state index contributed by atoms with van der Waals surface area (Å²) >= 11 is 0. The van der Waals surface area contributed by atoms with E-state index < -0.39 is 0 Å². The third-order valence-corrected chi connectivity index (χ3v) is 5.41. The minimum absolute atomic E-state index is 0.510. The number of hydrogen-bond donors (Lipinski definition) is 1. The van der Waals surface area contributed by atoms with Gasteiger partial charge in [0.2, 0.25) is 0 Å². The van der Waals surface area contributed by atoms with Gasteiger partial charge in [-0.05, 0) is 25.3 Å². The highest BCUT2D eigenvalue weighted by atomic mass is 16.5. The largest absolute Gasteiger partial charge is 0.385 e. The number of benzene rings is 1. The highest BCUT2D eigenvalue weighted by Crippen LogP contribution is 2.18. The topological polar surface area (TPSA) is 76.8 Å². The molecule has 1 aromatic heterocycles. The van der Waals surface area contributed by atoms with Gasteiger partial charge in [0.25, 0.3) is 0 Å². The van der Waals surface area contributed by atoms with E-state index in [0.29, 0.717) is 19.1 Å². The molecule has 0 radical (unpaired) electrons. The summed E-state index contributed by atoms with van der Waals surface area (Å²) in [7, 11) is 3.70. The second-order valence-electron chi connectivity index (χ2n) is 7.74. The minimum Gasteiger partial charge on any atom is -0.385 e. The Hall–Kier alpha value is -2.45. The van der Waals surface area contributed by atoms with Gasteiger partial charge in [-0.25, -0.2) is 4.99 Å². The Kier molecular flexibility index (Phi) is 8.65. The SMILES string of the molecule is COCCCNC(=NCc1nnc(C)n1C)N1CCC(COCc2ccccc2)C1. The van der Waals surface area contributed by atoms with Gasteiger partial charge in [-0.3, -0.25) is 0 Å². The summed E-state index contributed by atoms with van der Waals surface area (Å²) in [6.07, 6.45) is 2.05. The summed E-state index contributed by atoms with van der Waals surface area (Å²) < 4.78 is 13.1. The number of nitrogens with one attached hydrogen (secondary N) is 1. The molecule has 1 N–H and O–H groups in total. The predicted octanol–water partition coefficient (Wildman–Crippen LogP) is 2.14. The van der Waals surface area contributed by atoms with Gasteiger partial charge in [0, 0.05) is 46.3 Å². The van der Waals surface area contributed by atoms with Crippen molar-refractivity contribution in [3.05, 3.63) is 47.5 Å². The number of guanidine groups is 1. The molecule has 0 amide bonds. The van der Waals surface area contributed by atoms with Crippen LogP contribution in [0, 0.1) is 12.8 Å². The molecule has 8 heteroatoms. The van der Waals surface area contributed by atoms with Crippen LogP contribution in [0.15, 0.2) is 35.3 Å². The molecule has 1 saturated heterocycles. The summed E-state index contributed by atoms with van der Waals surface area (Å²) in [5, 5.41) is 11.8. The van der Waals surface area contributed by atoms with Gasteiger partial charge in [-0.15, -0.1) is 10.2 Å². The molecular formula is C22H34N6O2. The van der Waals surface area contributed by atoms with Crippen LogP contribution in [0.1, 0.15) is 30.1 Å². The Balaban J connectivity index is 1.53. The van der Waals surface area contributed by atoms with Crippen molar-refractivity contribution in [3.8, 4) is 0 Å². The Bertz CT molecular complexity index is 792. The zero-order chi connectivity index (χ0) is 21.2. The Labute approximate surface area is 179 Å². The molecule has 0 bridgehead atoms. The maximum atomic E-state index is 5.97. The number of aryl methyl sites for hydroxylation is 1. The summed E-state index contributed by atoms with van der Waals surface area (Å²) in [4.78, 5) is 7.16. The van der Waals surface area contributed by atoms with E-state index in [-0.39, 0.29) is 0 Å². The lowest BCUT2D eigenvalue weighted by atomic mass is 10.1. The molecule has 8 nitrogen and oxygen atoms in total. The van der Waals surface area contributed by atoms with Crippen LogP contribution in [0.5, 0.6) is 0 Å². The second kappa shape index (κ2) is 11.7. The summed E-state index contributed by atoms with van der Waals surface area (Å²) in [6.45, 7) is 7.38. The number of nitrogens with zero attached hydrogens (tertiary/aromatic N) is 5. The number of rotatable bonds is 10. The zero-order valence-electron chi connectivity index (χ0n) is 18.4. The van der Waals surface area contributed by atoms with Gasteiger partial charge in [-0.1, -0.05) is 30.3 Å². The normalized spacial score (nSPS) is 17.0. The van der Waals surface area contributed by atoms with Crippen molar-refractivity contribution in [3.63, 3.8) is 0 Å². The fraction of sp³-hybridized carbons (Fsp3) is 0.591. The van der Waals surface area contributed by atoms with Crippen LogP contribution in [0.25, 0.3) is 0 Å². The first kappa shape index (κ1) is 22.2. The first-order valence-electron chi connectivity index (χ1n) is 10.7. The van der Waals surface area contributed by atoms with E-state index in [1.807, 2.05) is 36.7 Å². The van der Waals surface area contributed by atoms with E-state index in [9.17, 15) is 0 Å². The van der Waals surface area contributed by atoms with Crippen LogP contribution in [-0.4, -0.2) is 65.6 Å². The molecule has 1 atom stereocenters. The van der Waals surface area contributed by atoms with Crippen molar-refractivity contribution in [2.75, 3.05) is 40.0 Å². The number of likely N-dealkylation sites (tertiary alicyclic amines) is 1. The Morgan fingerprint density at radius 3 is 2.83 bits per heavy atom. The van der Waals surface area contributed by atoms with E-state index in [4.69, 9.17) is 14.5 Å². The Morgan fingerprint density at radius 2 is 2.10 bits per heavy atom. The van der Waals surface area contributed by atoms with E-state index in [0.717, 1.165) is 63.3 Å². The van der Waals surface area contributed by atoms with E-state index in [1.165, 1.54) is 5.56 Å². The van der Waals surface area contributed by atoms with Crippen LogP contribution in [0.4, 0.5) is 0 Å². The van der Waals surface area contributed by atoms with Gasteiger partial charge >= 0.3 is 0 Å². The lowest BCUT2D eigenvalue weighted by molar-refractivity contribution is 0.0906. The van der Waals surface area contributed by atoms with E-state index in [1.54, 1.807) is 7.11 Å². The van der Waals surface area contributed by atoms with Crippen molar-refractivity contribution < 1.29 is 9.47 Å². The van der Waals surface area contributed by atoms with Gasteiger partial charge < -0.3 is 24.3 Å². The molecule has 0 saturated carbocycles. The molecule has 1 unspecified atom stereocenters. The van der Waals surface area contributed by atoms with Crippen LogP contribution in [0.2, 0.25) is 0 Å². The van der Waals surface area contributed by atoms with E-state index >= 15 is 0 Å². The fourth-order valence-corrected chi connectivity index (χ4v) is 3.50. The first-order valence-corrected chi connectivity index (χ1v) is 10.7. The molecule has 164 valence electrons. The first-order chi connectivity index (χ1) is 14.7. The number of ether oxygens (including phenoxy) is 2. The quantitative estimate of drug-likeness (QED) is 0.365. The molecule has 1 aliphatic heterocycles. The third kappa shape index (κ3) is 6.53. The molecule has 0 spiro atoms. The van der Waals surface area contributed by atoms with Crippen molar-refractivity contribution in [2.24, 2.45) is 18.0 Å². The van der Waals surface area contributed by atoms with Gasteiger partial charge in [-0.2, -0.15) is 0 Å². The van der Waals surface area contributed by atoms with Gasteiger partial charge in [0.15, 0.2) is 11.8 Å². The molecule has 1 aliphatic rings. The fourth-order valence-electron chi connectivity index (χ4n) is 3.50. The number of aromatic nitrogens is 3.